The van der Waals surface area contributed by atoms with Crippen LogP contribution in [-0.4, -0.2) is 56.8 Å². The Kier molecular flexibility index (Phi) is 4.57. The first kappa shape index (κ1) is 17.9. The molecular weight excluding hydrogens is 313 g/mol. The third kappa shape index (κ3) is 2.81. The molecule has 5 nitrogen and oxygen atoms in total. The van der Waals surface area contributed by atoms with Crippen molar-refractivity contribution < 1.29 is 10.2 Å². The number of nitrogens with zero attached hydrogens (tertiary/aromatic N) is 3. The SMILES string of the molecule is N#Cc1ccc2ncn(C[C@H]3C[C@@]4(CCC35CC5)CO4)c2c1.O.[Na]. The van der Waals surface area contributed by atoms with E-state index in [9.17, 15) is 0 Å². The monoisotopic (exact) mass is 334 g/mol. The average molecular weight is 334 g/mol. The third-order valence-electron chi connectivity index (χ3n) is 6.17. The van der Waals surface area contributed by atoms with Crippen LogP contribution in [0.5, 0.6) is 0 Å². The molecule has 2 saturated carbocycles. The third-order valence-corrected chi connectivity index (χ3v) is 6.17. The Labute approximate surface area is 163 Å². The molecule has 2 N–H and O–H groups in total. The van der Waals surface area contributed by atoms with Gasteiger partial charge < -0.3 is 14.8 Å². The molecule has 1 saturated heterocycles. The first-order valence-corrected chi connectivity index (χ1v) is 8.21. The molecule has 0 bridgehead atoms. The molecule has 6 heteroatoms. The number of benzene rings is 1. The van der Waals surface area contributed by atoms with Crippen LogP contribution in [0.1, 0.15) is 37.7 Å². The number of rotatable bonds is 2. The van der Waals surface area contributed by atoms with Gasteiger partial charge in [0.15, 0.2) is 0 Å². The largest absolute Gasteiger partial charge is 0.412 e. The summed E-state index contributed by atoms with van der Waals surface area (Å²) in [6.45, 7) is 1.97. The minimum Gasteiger partial charge on any atom is -0.412 e. The minimum atomic E-state index is 0. The molecule has 1 radical (unpaired) electrons. The number of imidazole rings is 1. The number of epoxide rings is 1. The van der Waals surface area contributed by atoms with Crippen LogP contribution in [0.3, 0.4) is 0 Å². The van der Waals surface area contributed by atoms with Crippen molar-refractivity contribution in [2.75, 3.05) is 6.61 Å². The van der Waals surface area contributed by atoms with Gasteiger partial charge in [-0.15, -0.1) is 0 Å². The number of fused-ring (bicyclic) bond motifs is 1. The van der Waals surface area contributed by atoms with E-state index in [-0.39, 0.29) is 40.6 Å². The number of hydrogen-bond donors (Lipinski definition) is 0. The van der Waals surface area contributed by atoms with Crippen molar-refractivity contribution in [2.45, 2.75) is 44.2 Å². The number of hydrogen-bond acceptors (Lipinski definition) is 3. The summed E-state index contributed by atoms with van der Waals surface area (Å²) in [5.74, 6) is 0.687. The van der Waals surface area contributed by atoms with Crippen LogP contribution in [-0.2, 0) is 11.3 Å². The quantitative estimate of drug-likeness (QED) is 0.622. The fraction of sp³-hybridized carbons (Fsp3) is 0.556. The van der Waals surface area contributed by atoms with Crippen LogP contribution in [0.25, 0.3) is 11.0 Å². The molecule has 5 rings (SSSR count). The predicted octanol–water partition coefficient (Wildman–Crippen LogP) is 2.05. The predicted molar refractivity (Wildman–Crippen MR) is 91.5 cm³/mol. The summed E-state index contributed by atoms with van der Waals surface area (Å²) in [7, 11) is 0. The van der Waals surface area contributed by atoms with Gasteiger partial charge >= 0.3 is 0 Å². The van der Waals surface area contributed by atoms with E-state index in [4.69, 9.17) is 10.00 Å². The van der Waals surface area contributed by atoms with E-state index in [1.165, 1.54) is 32.1 Å². The van der Waals surface area contributed by atoms with Crippen molar-refractivity contribution in [1.29, 1.82) is 5.26 Å². The van der Waals surface area contributed by atoms with Crippen LogP contribution in [0.4, 0.5) is 0 Å². The molecule has 2 heterocycles. The number of aromatic nitrogens is 2. The average Bonchev–Trinajstić information content (AvgIpc) is 3.44. The zero-order valence-electron chi connectivity index (χ0n) is 14.1. The Bertz CT molecular complexity index is 802. The standard InChI is InChI=1S/C18H19N3O.Na.H2O/c19-9-13-1-2-15-16(7-13)21(12-20-15)10-14-8-18(11-22-18)6-5-17(14)3-4-17;;/h1-2,7,12,14H,3-6,8,10-11H2;;1H2/t14-,18+;;/m1../s1. The van der Waals surface area contributed by atoms with E-state index in [2.05, 4.69) is 15.6 Å². The van der Waals surface area contributed by atoms with Crippen LogP contribution < -0.4 is 0 Å². The second-order valence-corrected chi connectivity index (χ2v) is 7.45. The maximum Gasteiger partial charge on any atom is 0.0992 e. The maximum atomic E-state index is 9.12. The Morgan fingerprint density at radius 2 is 2.04 bits per heavy atom. The summed E-state index contributed by atoms with van der Waals surface area (Å²) in [6, 6.07) is 7.99. The molecule has 2 aliphatic carbocycles. The van der Waals surface area contributed by atoms with Gasteiger partial charge in [-0.05, 0) is 61.6 Å². The Balaban J connectivity index is 0.000000845. The van der Waals surface area contributed by atoms with Gasteiger partial charge in [-0.3, -0.25) is 0 Å². The molecule has 1 aromatic carbocycles. The van der Waals surface area contributed by atoms with Gasteiger partial charge in [-0.1, -0.05) is 0 Å². The normalized spacial score (nSPS) is 28.9. The Morgan fingerprint density at radius 1 is 1.29 bits per heavy atom. The van der Waals surface area contributed by atoms with Crippen molar-refractivity contribution in [2.24, 2.45) is 11.3 Å². The van der Waals surface area contributed by atoms with Crippen molar-refractivity contribution in [3.8, 4) is 6.07 Å². The summed E-state index contributed by atoms with van der Waals surface area (Å²) in [5, 5.41) is 9.12. The number of ether oxygens (including phenoxy) is 1. The minimum absolute atomic E-state index is 0. The summed E-state index contributed by atoms with van der Waals surface area (Å²) in [4.78, 5) is 4.50. The molecule has 1 aliphatic heterocycles. The van der Waals surface area contributed by atoms with Crippen LogP contribution in [0, 0.1) is 22.7 Å². The van der Waals surface area contributed by atoms with Gasteiger partial charge in [0.1, 0.15) is 0 Å². The van der Waals surface area contributed by atoms with Crippen LogP contribution in [0.15, 0.2) is 24.5 Å². The molecule has 1 aromatic heterocycles. The van der Waals surface area contributed by atoms with Gasteiger partial charge in [0.25, 0.3) is 0 Å². The first-order chi connectivity index (χ1) is 10.7. The fourth-order valence-corrected chi connectivity index (χ4v) is 4.40. The smallest absolute Gasteiger partial charge is 0.0992 e. The molecule has 3 aliphatic rings. The van der Waals surface area contributed by atoms with Crippen molar-refractivity contribution in [3.63, 3.8) is 0 Å². The van der Waals surface area contributed by atoms with Gasteiger partial charge in [0, 0.05) is 36.1 Å². The van der Waals surface area contributed by atoms with E-state index in [1.807, 2.05) is 24.5 Å². The number of nitriles is 1. The second-order valence-electron chi connectivity index (χ2n) is 7.45. The molecule has 121 valence electrons. The van der Waals surface area contributed by atoms with Gasteiger partial charge in [0.2, 0.25) is 0 Å². The summed E-state index contributed by atoms with van der Waals surface area (Å²) in [6.07, 6.45) is 8.48. The van der Waals surface area contributed by atoms with E-state index in [1.54, 1.807) is 0 Å². The summed E-state index contributed by atoms with van der Waals surface area (Å²) in [5.41, 5.74) is 3.57. The van der Waals surface area contributed by atoms with E-state index in [0.29, 0.717) is 16.9 Å². The van der Waals surface area contributed by atoms with Crippen molar-refractivity contribution >= 4 is 40.6 Å². The van der Waals surface area contributed by atoms with Crippen molar-refractivity contribution in [3.05, 3.63) is 30.1 Å². The second kappa shape index (κ2) is 6.12. The zero-order chi connectivity index (χ0) is 14.8. The molecule has 24 heavy (non-hydrogen) atoms. The molecule has 3 fully saturated rings. The van der Waals surface area contributed by atoms with Crippen LogP contribution >= 0.6 is 0 Å². The Morgan fingerprint density at radius 3 is 2.71 bits per heavy atom. The molecule has 2 aromatic rings. The van der Waals surface area contributed by atoms with Crippen LogP contribution in [0.2, 0.25) is 0 Å². The maximum absolute atomic E-state index is 9.12. The van der Waals surface area contributed by atoms with E-state index < -0.39 is 0 Å². The summed E-state index contributed by atoms with van der Waals surface area (Å²) < 4.78 is 8.02. The Hall–Kier alpha value is -0.900. The van der Waals surface area contributed by atoms with Gasteiger partial charge in [-0.2, -0.15) is 5.26 Å². The van der Waals surface area contributed by atoms with Crippen molar-refractivity contribution in [1.82, 2.24) is 9.55 Å². The van der Waals surface area contributed by atoms with Gasteiger partial charge in [-0.25, -0.2) is 4.98 Å². The topological polar surface area (TPSA) is 85.6 Å². The zero-order valence-corrected chi connectivity index (χ0v) is 16.1. The van der Waals surface area contributed by atoms with E-state index >= 15 is 0 Å². The molecular formula is C18H21N3NaO2. The molecule has 0 amide bonds. The fourth-order valence-electron chi connectivity index (χ4n) is 4.40. The molecule has 2 atom stereocenters. The summed E-state index contributed by atoms with van der Waals surface area (Å²) >= 11 is 0. The van der Waals surface area contributed by atoms with E-state index in [0.717, 1.165) is 24.2 Å². The molecule has 2 spiro atoms. The molecule has 0 unspecified atom stereocenters. The van der Waals surface area contributed by atoms with Gasteiger partial charge in [0.05, 0.1) is 41.2 Å². The first-order valence-electron chi connectivity index (χ1n) is 8.21.